The smallest absolute Gasteiger partial charge is 0.340 e. The summed E-state index contributed by atoms with van der Waals surface area (Å²) >= 11 is 0. The number of aromatic nitrogens is 1. The largest absolute Gasteiger partial charge is 0.465 e. The second-order valence-corrected chi connectivity index (χ2v) is 6.18. The van der Waals surface area contributed by atoms with E-state index in [1.54, 1.807) is 48.5 Å². The number of esters is 1. The van der Waals surface area contributed by atoms with Gasteiger partial charge in [0.15, 0.2) is 11.5 Å². The number of nitrogens with zero attached hydrogens (tertiary/aromatic N) is 1. The summed E-state index contributed by atoms with van der Waals surface area (Å²) in [4.78, 5) is 37.1. The van der Waals surface area contributed by atoms with Crippen LogP contribution in [-0.2, 0) is 9.53 Å². The minimum Gasteiger partial charge on any atom is -0.465 e. The molecule has 29 heavy (non-hydrogen) atoms. The first-order chi connectivity index (χ1) is 14.1. The Labute approximate surface area is 164 Å². The van der Waals surface area contributed by atoms with E-state index >= 15 is 0 Å². The quantitative estimate of drug-likeness (QED) is 0.541. The van der Waals surface area contributed by atoms with Crippen molar-refractivity contribution in [3.05, 3.63) is 76.2 Å². The molecule has 3 aromatic rings. The van der Waals surface area contributed by atoms with Gasteiger partial charge in [0.25, 0.3) is 11.5 Å². The third kappa shape index (κ3) is 3.55. The fourth-order valence-corrected chi connectivity index (χ4v) is 2.99. The molecular weight excluding hydrogens is 376 g/mol. The number of nitrogens with one attached hydrogen (secondary N) is 1. The number of amides is 1. The van der Waals surface area contributed by atoms with Gasteiger partial charge < -0.3 is 14.2 Å². The molecule has 0 spiro atoms. The molecule has 2 heterocycles. The van der Waals surface area contributed by atoms with E-state index in [4.69, 9.17) is 14.2 Å². The van der Waals surface area contributed by atoms with Gasteiger partial charge in [-0.1, -0.05) is 24.3 Å². The Balaban J connectivity index is 1.62. The van der Waals surface area contributed by atoms with Gasteiger partial charge in [-0.25, -0.2) is 9.47 Å². The monoisotopic (exact) mass is 392 g/mol. The van der Waals surface area contributed by atoms with Crippen LogP contribution in [0.4, 0.5) is 0 Å². The molecule has 146 valence electrons. The number of carbonyl (C=O) groups excluding carboxylic acids is 2. The van der Waals surface area contributed by atoms with E-state index < -0.39 is 17.4 Å². The lowest BCUT2D eigenvalue weighted by molar-refractivity contribution is -0.112. The van der Waals surface area contributed by atoms with E-state index in [9.17, 15) is 14.4 Å². The second-order valence-electron chi connectivity index (χ2n) is 6.18. The minimum atomic E-state index is -0.611. The van der Waals surface area contributed by atoms with Crippen LogP contribution in [0.2, 0.25) is 0 Å². The predicted molar refractivity (Wildman–Crippen MR) is 106 cm³/mol. The van der Waals surface area contributed by atoms with Crippen molar-refractivity contribution in [3.8, 4) is 11.5 Å². The molecule has 1 N–H and O–H groups in total. The molecule has 8 nitrogen and oxygen atoms in total. The van der Waals surface area contributed by atoms with Crippen molar-refractivity contribution in [2.75, 3.05) is 19.3 Å². The average Bonchev–Trinajstić information content (AvgIpc) is 3.21. The Hall–Kier alpha value is -4.07. The summed E-state index contributed by atoms with van der Waals surface area (Å²) in [6.07, 6.45) is 4.10. The summed E-state index contributed by atoms with van der Waals surface area (Å²) in [5, 5.41) is 0.737. The lowest BCUT2D eigenvalue weighted by atomic mass is 10.1. The Morgan fingerprint density at radius 1 is 1.10 bits per heavy atom. The first-order valence-corrected chi connectivity index (χ1v) is 8.68. The number of methoxy groups -OCH3 is 1. The van der Waals surface area contributed by atoms with Crippen LogP contribution >= 0.6 is 0 Å². The molecule has 0 atom stereocenters. The standard InChI is InChI=1S/C21H16N2O6/c1-27-21(26)16-11-23(20(25)15-5-3-2-4-14(15)16)22-19(24)9-7-13-6-8-17-18(10-13)29-12-28-17/h2-11H,12H2,1H3,(H,22,24)/b9-7+. The van der Waals surface area contributed by atoms with Gasteiger partial charge in [0.05, 0.1) is 12.7 Å². The molecule has 0 saturated heterocycles. The van der Waals surface area contributed by atoms with E-state index in [1.165, 1.54) is 19.4 Å². The number of carbonyl (C=O) groups is 2. The van der Waals surface area contributed by atoms with Gasteiger partial charge in [0.2, 0.25) is 6.79 Å². The molecule has 0 fully saturated rings. The molecule has 0 unspecified atom stereocenters. The third-order valence-corrected chi connectivity index (χ3v) is 4.38. The van der Waals surface area contributed by atoms with Crippen LogP contribution in [0, 0.1) is 0 Å². The van der Waals surface area contributed by atoms with Crippen molar-refractivity contribution in [1.82, 2.24) is 4.68 Å². The molecule has 4 rings (SSSR count). The van der Waals surface area contributed by atoms with Crippen molar-refractivity contribution in [1.29, 1.82) is 0 Å². The molecule has 0 radical (unpaired) electrons. The van der Waals surface area contributed by atoms with Gasteiger partial charge in [-0.05, 0) is 29.8 Å². The topological polar surface area (TPSA) is 95.9 Å². The number of ether oxygens (including phenoxy) is 3. The van der Waals surface area contributed by atoms with Gasteiger partial charge in [-0.3, -0.25) is 15.0 Å². The highest BCUT2D eigenvalue weighted by atomic mass is 16.7. The Bertz CT molecular complexity index is 1210. The van der Waals surface area contributed by atoms with Gasteiger partial charge in [-0.15, -0.1) is 0 Å². The molecule has 8 heteroatoms. The normalized spacial score (nSPS) is 12.3. The summed E-state index contributed by atoms with van der Waals surface area (Å²) in [6.45, 7) is 0.163. The molecule has 0 aliphatic carbocycles. The predicted octanol–water partition coefficient (Wildman–Crippen LogP) is 2.30. The third-order valence-electron chi connectivity index (χ3n) is 4.38. The van der Waals surface area contributed by atoms with Gasteiger partial charge in [0, 0.05) is 23.0 Å². The molecule has 1 aliphatic rings. The summed E-state index contributed by atoms with van der Waals surface area (Å²) in [5.74, 6) is 0.0849. The first kappa shape index (κ1) is 18.3. The van der Waals surface area contributed by atoms with Gasteiger partial charge >= 0.3 is 5.97 Å². The van der Waals surface area contributed by atoms with Crippen molar-refractivity contribution < 1.29 is 23.8 Å². The van der Waals surface area contributed by atoms with Crippen LogP contribution in [0.3, 0.4) is 0 Å². The zero-order valence-corrected chi connectivity index (χ0v) is 15.4. The summed E-state index contributed by atoms with van der Waals surface area (Å²) in [5.41, 5.74) is 2.90. The Morgan fingerprint density at radius 2 is 1.86 bits per heavy atom. The van der Waals surface area contributed by atoms with Crippen LogP contribution < -0.4 is 20.5 Å². The van der Waals surface area contributed by atoms with Crippen molar-refractivity contribution in [2.24, 2.45) is 0 Å². The van der Waals surface area contributed by atoms with Crippen LogP contribution in [0.25, 0.3) is 16.8 Å². The van der Waals surface area contributed by atoms with Crippen LogP contribution in [0.5, 0.6) is 11.5 Å². The van der Waals surface area contributed by atoms with Crippen LogP contribution in [-0.4, -0.2) is 30.5 Å². The van der Waals surface area contributed by atoms with Crippen molar-refractivity contribution in [3.63, 3.8) is 0 Å². The minimum absolute atomic E-state index is 0.163. The molecule has 1 aliphatic heterocycles. The molecule has 1 amide bonds. The zero-order valence-electron chi connectivity index (χ0n) is 15.4. The van der Waals surface area contributed by atoms with Gasteiger partial charge in [-0.2, -0.15) is 0 Å². The van der Waals surface area contributed by atoms with Crippen molar-refractivity contribution >= 4 is 28.7 Å². The van der Waals surface area contributed by atoms with E-state index in [0.717, 1.165) is 10.2 Å². The number of benzene rings is 2. The van der Waals surface area contributed by atoms with Crippen molar-refractivity contribution in [2.45, 2.75) is 0 Å². The van der Waals surface area contributed by atoms with Crippen LogP contribution in [0.1, 0.15) is 15.9 Å². The summed E-state index contributed by atoms with van der Waals surface area (Å²) in [6, 6.07) is 11.9. The highest BCUT2D eigenvalue weighted by molar-refractivity contribution is 6.04. The van der Waals surface area contributed by atoms with E-state index in [-0.39, 0.29) is 17.7 Å². The summed E-state index contributed by atoms with van der Waals surface area (Å²) < 4.78 is 16.3. The Morgan fingerprint density at radius 3 is 2.66 bits per heavy atom. The zero-order chi connectivity index (χ0) is 20.4. The van der Waals surface area contributed by atoms with E-state index in [0.29, 0.717) is 16.9 Å². The maximum atomic E-state index is 12.7. The number of fused-ring (bicyclic) bond motifs is 2. The van der Waals surface area contributed by atoms with Gasteiger partial charge in [0.1, 0.15) is 0 Å². The van der Waals surface area contributed by atoms with Crippen LogP contribution in [0.15, 0.2) is 59.5 Å². The molecule has 0 bridgehead atoms. The molecule has 0 saturated carbocycles. The maximum Gasteiger partial charge on any atom is 0.340 e. The van der Waals surface area contributed by atoms with E-state index in [2.05, 4.69) is 5.43 Å². The summed E-state index contributed by atoms with van der Waals surface area (Å²) in [7, 11) is 1.25. The number of rotatable bonds is 4. The Kier molecular flexibility index (Phi) is 4.74. The lowest BCUT2D eigenvalue weighted by Gasteiger charge is -2.11. The number of hydrogen-bond acceptors (Lipinski definition) is 6. The number of hydrogen-bond donors (Lipinski definition) is 1. The fourth-order valence-electron chi connectivity index (χ4n) is 2.99. The average molecular weight is 392 g/mol. The maximum absolute atomic E-state index is 12.7. The molecule has 1 aromatic heterocycles. The first-order valence-electron chi connectivity index (χ1n) is 8.68. The number of pyridine rings is 1. The lowest BCUT2D eigenvalue weighted by Crippen LogP contribution is -2.33. The SMILES string of the molecule is COC(=O)c1cn(NC(=O)/C=C/c2ccc3c(c2)OCO3)c(=O)c2ccccc12. The molecular formula is C21H16N2O6. The second kappa shape index (κ2) is 7.51. The fraction of sp³-hybridized carbons (Fsp3) is 0.0952. The highest BCUT2D eigenvalue weighted by Gasteiger charge is 2.16. The van der Waals surface area contributed by atoms with E-state index in [1.807, 2.05) is 0 Å². The highest BCUT2D eigenvalue weighted by Crippen LogP contribution is 2.32. The molecule has 2 aromatic carbocycles.